The molecule has 0 aliphatic carbocycles. The molecule has 0 heterocycles. The third-order valence-corrected chi connectivity index (χ3v) is 4.44. The highest BCUT2D eigenvalue weighted by Crippen LogP contribution is 2.17. The van der Waals surface area contributed by atoms with Crippen LogP contribution in [-0.2, 0) is 19.6 Å². The number of ether oxygens (including phenoxy) is 2. The first-order valence-electron chi connectivity index (χ1n) is 6.79. The van der Waals surface area contributed by atoms with Crippen LogP contribution in [0.1, 0.15) is 13.8 Å². The highest BCUT2D eigenvalue weighted by molar-refractivity contribution is 7.89. The summed E-state index contributed by atoms with van der Waals surface area (Å²) < 4.78 is 37.1. The molecule has 0 aromatic heterocycles. The largest absolute Gasteiger partial charge is 0.481 e. The van der Waals surface area contributed by atoms with E-state index < -0.39 is 16.1 Å². The molecule has 1 rings (SSSR count). The molecule has 124 valence electrons. The van der Waals surface area contributed by atoms with E-state index in [1.54, 1.807) is 13.8 Å². The number of rotatable bonds is 8. The van der Waals surface area contributed by atoms with Gasteiger partial charge in [-0.2, -0.15) is 0 Å². The Kier molecular flexibility index (Phi) is 6.79. The maximum Gasteiger partial charge on any atom is 0.260 e. The summed E-state index contributed by atoms with van der Waals surface area (Å²) in [5.41, 5.74) is 0. The van der Waals surface area contributed by atoms with Crippen LogP contribution in [0.2, 0.25) is 0 Å². The van der Waals surface area contributed by atoms with E-state index in [-0.39, 0.29) is 23.5 Å². The van der Waals surface area contributed by atoms with Crippen LogP contribution in [0.3, 0.4) is 0 Å². The van der Waals surface area contributed by atoms with E-state index in [1.165, 1.54) is 38.4 Å². The maximum absolute atomic E-state index is 12.1. The molecule has 8 heteroatoms. The first-order chi connectivity index (χ1) is 10.3. The number of benzene rings is 1. The van der Waals surface area contributed by atoms with E-state index in [0.717, 1.165) is 0 Å². The van der Waals surface area contributed by atoms with Gasteiger partial charge < -0.3 is 14.8 Å². The summed E-state index contributed by atoms with van der Waals surface area (Å²) in [6.45, 7) is 3.60. The zero-order valence-corrected chi connectivity index (χ0v) is 13.9. The number of sulfonamides is 1. The van der Waals surface area contributed by atoms with Crippen molar-refractivity contribution in [2.75, 3.05) is 20.8 Å². The molecule has 0 radical (unpaired) electrons. The SMILES string of the molecule is CNC(=O)[C@@H](C)Oc1ccc(S(=O)(=O)N[C@H](C)COC)cc1. The molecule has 1 aromatic carbocycles. The zero-order chi connectivity index (χ0) is 16.8. The van der Waals surface area contributed by atoms with E-state index in [4.69, 9.17) is 9.47 Å². The van der Waals surface area contributed by atoms with Gasteiger partial charge in [-0.25, -0.2) is 13.1 Å². The molecular weight excluding hydrogens is 308 g/mol. The van der Waals surface area contributed by atoms with E-state index in [1.807, 2.05) is 0 Å². The van der Waals surface area contributed by atoms with Gasteiger partial charge in [0, 0.05) is 20.2 Å². The molecule has 22 heavy (non-hydrogen) atoms. The predicted octanol–water partition coefficient (Wildman–Crippen LogP) is 0.513. The molecule has 2 atom stereocenters. The van der Waals surface area contributed by atoms with Gasteiger partial charge in [-0.05, 0) is 38.1 Å². The Morgan fingerprint density at radius 3 is 2.32 bits per heavy atom. The summed E-state index contributed by atoms with van der Waals surface area (Å²) in [5, 5.41) is 2.47. The molecule has 0 bridgehead atoms. The van der Waals surface area contributed by atoms with E-state index in [2.05, 4.69) is 10.0 Å². The zero-order valence-electron chi connectivity index (χ0n) is 13.1. The number of nitrogens with one attached hydrogen (secondary N) is 2. The van der Waals surface area contributed by atoms with Crippen molar-refractivity contribution in [3.05, 3.63) is 24.3 Å². The van der Waals surface area contributed by atoms with Gasteiger partial charge >= 0.3 is 0 Å². The smallest absolute Gasteiger partial charge is 0.260 e. The molecule has 1 amide bonds. The second kappa shape index (κ2) is 8.11. The van der Waals surface area contributed by atoms with Gasteiger partial charge in [-0.1, -0.05) is 0 Å². The van der Waals surface area contributed by atoms with Crippen molar-refractivity contribution in [1.29, 1.82) is 0 Å². The molecular formula is C14H22N2O5S. The van der Waals surface area contributed by atoms with Gasteiger partial charge in [0.2, 0.25) is 10.0 Å². The van der Waals surface area contributed by atoms with Crippen LogP contribution in [0.15, 0.2) is 29.2 Å². The van der Waals surface area contributed by atoms with Crippen molar-refractivity contribution in [2.24, 2.45) is 0 Å². The molecule has 1 aromatic rings. The maximum atomic E-state index is 12.1. The van der Waals surface area contributed by atoms with Gasteiger partial charge in [0.25, 0.3) is 5.91 Å². The van der Waals surface area contributed by atoms with Crippen molar-refractivity contribution in [3.8, 4) is 5.75 Å². The number of hydrogen-bond acceptors (Lipinski definition) is 5. The average molecular weight is 330 g/mol. The van der Waals surface area contributed by atoms with Crippen LogP contribution in [0, 0.1) is 0 Å². The molecule has 0 saturated carbocycles. The first-order valence-corrected chi connectivity index (χ1v) is 8.28. The Labute approximate surface area is 131 Å². The fourth-order valence-electron chi connectivity index (χ4n) is 1.78. The molecule has 0 saturated heterocycles. The quantitative estimate of drug-likeness (QED) is 0.724. The van der Waals surface area contributed by atoms with E-state index >= 15 is 0 Å². The summed E-state index contributed by atoms with van der Waals surface area (Å²) >= 11 is 0. The Bertz CT molecular complexity index is 586. The molecule has 0 aliphatic rings. The van der Waals surface area contributed by atoms with Crippen molar-refractivity contribution >= 4 is 15.9 Å². The average Bonchev–Trinajstić information content (AvgIpc) is 2.46. The Morgan fingerprint density at radius 2 is 1.82 bits per heavy atom. The number of methoxy groups -OCH3 is 1. The Morgan fingerprint density at radius 1 is 1.23 bits per heavy atom. The molecule has 2 N–H and O–H groups in total. The summed E-state index contributed by atoms with van der Waals surface area (Å²) in [6, 6.07) is 5.53. The fourth-order valence-corrected chi connectivity index (χ4v) is 3.00. The number of hydrogen-bond donors (Lipinski definition) is 2. The summed E-state index contributed by atoms with van der Waals surface area (Å²) in [5.74, 6) is 0.159. The minimum atomic E-state index is -3.61. The van der Waals surface area contributed by atoms with Crippen LogP contribution < -0.4 is 14.8 Å². The van der Waals surface area contributed by atoms with E-state index in [9.17, 15) is 13.2 Å². The Balaban J connectivity index is 2.77. The van der Waals surface area contributed by atoms with Crippen molar-refractivity contribution in [1.82, 2.24) is 10.0 Å². The monoisotopic (exact) mass is 330 g/mol. The molecule has 0 unspecified atom stereocenters. The lowest BCUT2D eigenvalue weighted by molar-refractivity contribution is -0.126. The van der Waals surface area contributed by atoms with Gasteiger partial charge in [-0.3, -0.25) is 4.79 Å². The lowest BCUT2D eigenvalue weighted by Gasteiger charge is -2.15. The third kappa shape index (κ3) is 5.28. The fraction of sp³-hybridized carbons (Fsp3) is 0.500. The van der Waals surface area contributed by atoms with E-state index in [0.29, 0.717) is 5.75 Å². The lowest BCUT2D eigenvalue weighted by Crippen LogP contribution is -2.35. The summed E-state index contributed by atoms with van der Waals surface area (Å²) in [7, 11) is -0.590. The first kappa shape index (κ1) is 18.4. The summed E-state index contributed by atoms with van der Waals surface area (Å²) in [4.78, 5) is 11.5. The number of carbonyl (C=O) groups is 1. The van der Waals surface area contributed by atoms with Crippen molar-refractivity contribution < 1.29 is 22.7 Å². The second-order valence-electron chi connectivity index (χ2n) is 4.82. The van der Waals surface area contributed by atoms with Crippen LogP contribution in [0.5, 0.6) is 5.75 Å². The van der Waals surface area contributed by atoms with Crippen LogP contribution in [0.4, 0.5) is 0 Å². The Hall–Kier alpha value is -1.64. The normalized spacial score (nSPS) is 14.2. The van der Waals surface area contributed by atoms with Gasteiger partial charge in [0.05, 0.1) is 11.5 Å². The molecule has 0 spiro atoms. The predicted molar refractivity (Wildman–Crippen MR) is 82.3 cm³/mol. The minimum absolute atomic E-state index is 0.121. The van der Waals surface area contributed by atoms with Crippen LogP contribution in [-0.4, -0.2) is 47.2 Å². The molecule has 7 nitrogen and oxygen atoms in total. The lowest BCUT2D eigenvalue weighted by atomic mass is 10.3. The molecule has 0 fully saturated rings. The number of carbonyl (C=O) groups excluding carboxylic acids is 1. The van der Waals surface area contributed by atoms with Gasteiger partial charge in [0.15, 0.2) is 6.10 Å². The second-order valence-corrected chi connectivity index (χ2v) is 6.54. The van der Waals surface area contributed by atoms with Crippen molar-refractivity contribution in [2.45, 2.75) is 30.9 Å². The highest BCUT2D eigenvalue weighted by atomic mass is 32.2. The highest BCUT2D eigenvalue weighted by Gasteiger charge is 2.18. The standard InChI is InChI=1S/C14H22N2O5S/c1-10(9-20-4)16-22(18,19)13-7-5-12(6-8-13)21-11(2)14(17)15-3/h5-8,10-11,16H,9H2,1-4H3,(H,15,17)/t10-,11-/m1/s1. The van der Waals surface area contributed by atoms with Crippen LogP contribution in [0.25, 0.3) is 0 Å². The summed E-state index contributed by atoms with van der Waals surface area (Å²) in [6.07, 6.45) is -0.660. The van der Waals surface area contributed by atoms with Crippen molar-refractivity contribution in [3.63, 3.8) is 0 Å². The topological polar surface area (TPSA) is 93.7 Å². The van der Waals surface area contributed by atoms with Gasteiger partial charge in [0.1, 0.15) is 5.75 Å². The minimum Gasteiger partial charge on any atom is -0.481 e. The van der Waals surface area contributed by atoms with Crippen LogP contribution >= 0.6 is 0 Å². The third-order valence-electron chi connectivity index (χ3n) is 2.84. The number of likely N-dealkylation sites (N-methyl/N-ethyl adjacent to an activating group) is 1. The van der Waals surface area contributed by atoms with Gasteiger partial charge in [-0.15, -0.1) is 0 Å². The molecule has 0 aliphatic heterocycles. The number of amides is 1.